The molecule has 2 aromatic rings. The number of methoxy groups -OCH3 is 1. The Labute approximate surface area is 150 Å². The Balaban J connectivity index is 1.64. The van der Waals surface area contributed by atoms with Crippen LogP contribution in [-0.2, 0) is 4.79 Å². The van der Waals surface area contributed by atoms with Crippen molar-refractivity contribution in [3.8, 4) is 5.75 Å². The van der Waals surface area contributed by atoms with Gasteiger partial charge in [-0.2, -0.15) is 0 Å². The van der Waals surface area contributed by atoms with Gasteiger partial charge in [-0.25, -0.2) is 0 Å². The number of rotatable bonds is 5. The molecular formula is C19H21BrN2O2. The van der Waals surface area contributed by atoms with Crippen LogP contribution in [0.5, 0.6) is 5.75 Å². The maximum atomic E-state index is 12.4. The van der Waals surface area contributed by atoms with Gasteiger partial charge < -0.3 is 10.1 Å². The van der Waals surface area contributed by atoms with Crippen molar-refractivity contribution in [1.29, 1.82) is 0 Å². The Hall–Kier alpha value is -1.85. The van der Waals surface area contributed by atoms with Crippen LogP contribution in [0.15, 0.2) is 53.0 Å². The summed E-state index contributed by atoms with van der Waals surface area (Å²) in [5, 5.41) is 2.96. The van der Waals surface area contributed by atoms with Gasteiger partial charge in [0.15, 0.2) is 0 Å². The lowest BCUT2D eigenvalue weighted by atomic mass is 10.0. The average Bonchev–Trinajstić information content (AvgIpc) is 3.05. The van der Waals surface area contributed by atoms with E-state index in [0.717, 1.165) is 35.3 Å². The molecule has 1 aliphatic rings. The van der Waals surface area contributed by atoms with Gasteiger partial charge >= 0.3 is 0 Å². The van der Waals surface area contributed by atoms with E-state index in [0.29, 0.717) is 6.54 Å². The van der Waals surface area contributed by atoms with Gasteiger partial charge in [0.25, 0.3) is 0 Å². The molecule has 1 unspecified atom stereocenters. The highest BCUT2D eigenvalue weighted by Crippen LogP contribution is 2.33. The van der Waals surface area contributed by atoms with Gasteiger partial charge in [0.2, 0.25) is 5.91 Å². The van der Waals surface area contributed by atoms with Crippen LogP contribution < -0.4 is 10.1 Å². The summed E-state index contributed by atoms with van der Waals surface area (Å²) in [5.74, 6) is 0.880. The molecule has 1 N–H and O–H groups in total. The molecule has 1 amide bonds. The molecule has 1 aliphatic heterocycles. The molecule has 0 aliphatic carbocycles. The number of hydrogen-bond donors (Lipinski definition) is 1. The van der Waals surface area contributed by atoms with E-state index in [1.807, 2.05) is 36.4 Å². The number of ether oxygens (including phenoxy) is 1. The molecule has 126 valence electrons. The highest BCUT2D eigenvalue weighted by Gasteiger charge is 2.27. The molecule has 0 aromatic heterocycles. The minimum Gasteiger partial charge on any atom is -0.497 e. The quantitative estimate of drug-likeness (QED) is 0.832. The number of nitrogens with one attached hydrogen (secondary N) is 1. The van der Waals surface area contributed by atoms with Crippen molar-refractivity contribution < 1.29 is 9.53 Å². The van der Waals surface area contributed by atoms with Crippen molar-refractivity contribution in [2.75, 3.05) is 25.5 Å². The van der Waals surface area contributed by atoms with E-state index in [-0.39, 0.29) is 11.9 Å². The molecule has 1 fully saturated rings. The van der Waals surface area contributed by atoms with Gasteiger partial charge in [-0.05, 0) is 61.3 Å². The smallest absolute Gasteiger partial charge is 0.238 e. The summed E-state index contributed by atoms with van der Waals surface area (Å²) in [7, 11) is 1.68. The Morgan fingerprint density at radius 2 is 2.08 bits per heavy atom. The molecule has 0 saturated carbocycles. The van der Waals surface area contributed by atoms with Crippen molar-refractivity contribution >= 4 is 27.5 Å². The summed E-state index contributed by atoms with van der Waals surface area (Å²) in [6.45, 7) is 1.34. The summed E-state index contributed by atoms with van der Waals surface area (Å²) in [6, 6.07) is 16.0. The predicted molar refractivity (Wildman–Crippen MR) is 99.3 cm³/mol. The molecule has 1 atom stereocenters. The summed E-state index contributed by atoms with van der Waals surface area (Å²) in [5.41, 5.74) is 2.03. The lowest BCUT2D eigenvalue weighted by Gasteiger charge is -2.24. The molecule has 0 spiro atoms. The maximum Gasteiger partial charge on any atom is 0.238 e. The van der Waals surface area contributed by atoms with E-state index in [1.54, 1.807) is 7.11 Å². The summed E-state index contributed by atoms with van der Waals surface area (Å²) >= 11 is 3.40. The number of amides is 1. The number of anilines is 1. The fraction of sp³-hybridized carbons (Fsp3) is 0.316. The van der Waals surface area contributed by atoms with E-state index in [4.69, 9.17) is 4.74 Å². The van der Waals surface area contributed by atoms with Crippen LogP contribution in [0.2, 0.25) is 0 Å². The van der Waals surface area contributed by atoms with Crippen LogP contribution in [0.4, 0.5) is 5.69 Å². The molecule has 2 aromatic carbocycles. The van der Waals surface area contributed by atoms with Gasteiger partial charge in [-0.1, -0.05) is 28.1 Å². The van der Waals surface area contributed by atoms with Crippen LogP contribution in [-0.4, -0.2) is 31.0 Å². The standard InChI is InChI=1S/C19H21BrN2O2/c1-24-17-5-2-4-14(12-17)18-6-3-11-22(18)13-19(23)21-16-9-7-15(20)8-10-16/h2,4-5,7-10,12,18H,3,6,11,13H2,1H3,(H,21,23). The predicted octanol–water partition coefficient (Wildman–Crippen LogP) is 4.23. The van der Waals surface area contributed by atoms with Crippen molar-refractivity contribution in [3.63, 3.8) is 0 Å². The van der Waals surface area contributed by atoms with Gasteiger partial charge in [0, 0.05) is 16.2 Å². The first-order valence-corrected chi connectivity index (χ1v) is 8.88. The van der Waals surface area contributed by atoms with Crippen molar-refractivity contribution in [3.05, 3.63) is 58.6 Å². The Kier molecular flexibility index (Phi) is 5.53. The second-order valence-electron chi connectivity index (χ2n) is 5.96. The van der Waals surface area contributed by atoms with Crippen molar-refractivity contribution in [2.24, 2.45) is 0 Å². The van der Waals surface area contributed by atoms with Gasteiger partial charge in [-0.15, -0.1) is 0 Å². The summed E-state index contributed by atoms with van der Waals surface area (Å²) < 4.78 is 6.32. The number of halogens is 1. The second-order valence-corrected chi connectivity index (χ2v) is 6.88. The monoisotopic (exact) mass is 388 g/mol. The number of benzene rings is 2. The molecule has 0 bridgehead atoms. The van der Waals surface area contributed by atoms with E-state index in [9.17, 15) is 4.79 Å². The zero-order valence-corrected chi connectivity index (χ0v) is 15.3. The lowest BCUT2D eigenvalue weighted by Crippen LogP contribution is -2.32. The summed E-state index contributed by atoms with van der Waals surface area (Å²) in [6.07, 6.45) is 2.17. The Morgan fingerprint density at radius 3 is 2.83 bits per heavy atom. The third kappa shape index (κ3) is 4.16. The number of carbonyl (C=O) groups excluding carboxylic acids is 1. The van der Waals surface area contributed by atoms with Crippen LogP contribution in [0.3, 0.4) is 0 Å². The average molecular weight is 389 g/mol. The third-order valence-electron chi connectivity index (χ3n) is 4.32. The molecule has 3 rings (SSSR count). The van der Waals surface area contributed by atoms with Crippen molar-refractivity contribution in [1.82, 2.24) is 4.90 Å². The molecule has 1 heterocycles. The zero-order chi connectivity index (χ0) is 16.9. The lowest BCUT2D eigenvalue weighted by molar-refractivity contribution is -0.117. The minimum absolute atomic E-state index is 0.0205. The molecule has 4 nitrogen and oxygen atoms in total. The first-order valence-electron chi connectivity index (χ1n) is 8.09. The maximum absolute atomic E-state index is 12.4. The van der Waals surface area contributed by atoms with E-state index >= 15 is 0 Å². The SMILES string of the molecule is COc1cccc(C2CCCN2CC(=O)Nc2ccc(Br)cc2)c1. The van der Waals surface area contributed by atoms with E-state index in [1.165, 1.54) is 5.56 Å². The molecule has 0 radical (unpaired) electrons. The largest absolute Gasteiger partial charge is 0.497 e. The van der Waals surface area contributed by atoms with Crippen LogP contribution in [0.1, 0.15) is 24.4 Å². The van der Waals surface area contributed by atoms with Gasteiger partial charge in [0.05, 0.1) is 13.7 Å². The topological polar surface area (TPSA) is 41.6 Å². The van der Waals surface area contributed by atoms with Crippen molar-refractivity contribution in [2.45, 2.75) is 18.9 Å². The fourth-order valence-electron chi connectivity index (χ4n) is 3.16. The van der Waals surface area contributed by atoms with Crippen LogP contribution >= 0.6 is 15.9 Å². The number of likely N-dealkylation sites (tertiary alicyclic amines) is 1. The Bertz CT molecular complexity index is 703. The first kappa shape index (κ1) is 17.0. The highest BCUT2D eigenvalue weighted by atomic mass is 79.9. The fourth-order valence-corrected chi connectivity index (χ4v) is 3.42. The molecule has 1 saturated heterocycles. The zero-order valence-electron chi connectivity index (χ0n) is 13.7. The first-order chi connectivity index (χ1) is 11.7. The molecular weight excluding hydrogens is 368 g/mol. The highest BCUT2D eigenvalue weighted by molar-refractivity contribution is 9.10. The van der Waals surface area contributed by atoms with E-state index in [2.05, 4.69) is 38.3 Å². The van der Waals surface area contributed by atoms with Gasteiger partial charge in [-0.3, -0.25) is 9.69 Å². The summed E-state index contributed by atoms with van der Waals surface area (Å²) in [4.78, 5) is 14.6. The number of nitrogens with zero attached hydrogens (tertiary/aromatic N) is 1. The van der Waals surface area contributed by atoms with Gasteiger partial charge in [0.1, 0.15) is 5.75 Å². The third-order valence-corrected chi connectivity index (χ3v) is 4.85. The number of hydrogen-bond acceptors (Lipinski definition) is 3. The minimum atomic E-state index is 0.0205. The van der Waals surface area contributed by atoms with E-state index < -0.39 is 0 Å². The molecule has 5 heteroatoms. The molecule has 24 heavy (non-hydrogen) atoms. The second kappa shape index (κ2) is 7.81. The Morgan fingerprint density at radius 1 is 1.29 bits per heavy atom. The normalized spacial score (nSPS) is 17.7. The number of carbonyl (C=O) groups is 1. The van der Waals surface area contributed by atoms with Crippen LogP contribution in [0, 0.1) is 0 Å². The van der Waals surface area contributed by atoms with Crippen LogP contribution in [0.25, 0.3) is 0 Å².